The monoisotopic (exact) mass is 389 g/mol. The molecule has 0 saturated carbocycles. The third kappa shape index (κ3) is 9.91. The summed E-state index contributed by atoms with van der Waals surface area (Å²) < 4.78 is 0. The molecular formula is C14H32Br2P+. The highest BCUT2D eigenvalue weighted by Gasteiger charge is 2.34. The van der Waals surface area contributed by atoms with Crippen LogP contribution in [0.15, 0.2) is 0 Å². The van der Waals surface area contributed by atoms with E-state index in [9.17, 15) is 0 Å². The fraction of sp³-hybridized carbons (Fsp3) is 1.00. The van der Waals surface area contributed by atoms with Gasteiger partial charge in [0.25, 0.3) is 0 Å². The van der Waals surface area contributed by atoms with Gasteiger partial charge in [-0.05, 0) is 19.3 Å². The van der Waals surface area contributed by atoms with E-state index in [0.29, 0.717) is 0 Å². The lowest BCUT2D eigenvalue weighted by Crippen LogP contribution is -2.13. The van der Waals surface area contributed by atoms with Gasteiger partial charge in [0.1, 0.15) is 0 Å². The zero-order valence-electron chi connectivity index (χ0n) is 12.0. The van der Waals surface area contributed by atoms with Crippen molar-refractivity contribution in [3.05, 3.63) is 0 Å². The Bertz CT molecular complexity index is 129. The molecule has 0 aliphatic heterocycles. The molecule has 0 amide bonds. The molecule has 0 bridgehead atoms. The Kier molecular flexibility index (Phi) is 16.8. The summed E-state index contributed by atoms with van der Waals surface area (Å²) in [5.74, 6) is 0. The molecule has 106 valence electrons. The van der Waals surface area contributed by atoms with Gasteiger partial charge >= 0.3 is 0 Å². The zero-order valence-corrected chi connectivity index (χ0v) is 16.2. The molecule has 0 aliphatic carbocycles. The third-order valence-corrected chi connectivity index (χ3v) is 9.49. The first-order chi connectivity index (χ1) is 7.74. The predicted molar refractivity (Wildman–Crippen MR) is 95.2 cm³/mol. The smallest absolute Gasteiger partial charge is 0.0691 e. The van der Waals surface area contributed by atoms with Gasteiger partial charge in [-0.15, -0.1) is 17.0 Å². The van der Waals surface area contributed by atoms with Crippen LogP contribution in [0.1, 0.15) is 59.3 Å². The molecule has 17 heavy (non-hydrogen) atoms. The predicted octanol–water partition coefficient (Wildman–Crippen LogP) is 6.38. The Morgan fingerprint density at radius 1 is 0.706 bits per heavy atom. The van der Waals surface area contributed by atoms with Crippen molar-refractivity contribution in [2.75, 3.05) is 30.0 Å². The van der Waals surface area contributed by atoms with Gasteiger partial charge in [-0.1, -0.05) is 56.0 Å². The first-order valence-corrected chi connectivity index (χ1v) is 10.8. The number of alkyl halides is 1. The lowest BCUT2D eigenvalue weighted by molar-refractivity contribution is 0.834. The maximum atomic E-state index is 3.69. The molecular weight excluding hydrogens is 359 g/mol. The highest BCUT2D eigenvalue weighted by Crippen LogP contribution is 2.60. The van der Waals surface area contributed by atoms with Gasteiger partial charge in [0.15, 0.2) is 0 Å². The van der Waals surface area contributed by atoms with E-state index in [1.54, 1.807) is 18.5 Å². The molecule has 0 spiro atoms. The number of unbranched alkanes of at least 4 members (excludes halogenated alkanes) is 3. The Morgan fingerprint density at radius 3 is 1.29 bits per heavy atom. The molecule has 0 aliphatic rings. The average Bonchev–Trinajstić information content (AvgIpc) is 2.31. The minimum absolute atomic E-state index is 0. The molecule has 0 unspecified atom stereocenters. The first kappa shape index (κ1) is 20.7. The van der Waals surface area contributed by atoms with E-state index < -0.39 is 7.26 Å². The maximum Gasteiger partial charge on any atom is 0.0691 e. The second-order valence-corrected chi connectivity index (χ2v) is 10.3. The second kappa shape index (κ2) is 13.8. The summed E-state index contributed by atoms with van der Waals surface area (Å²) >= 11 is 3.69. The van der Waals surface area contributed by atoms with Crippen LogP contribution >= 0.6 is 40.2 Å². The highest BCUT2D eigenvalue weighted by molar-refractivity contribution is 9.09. The van der Waals surface area contributed by atoms with Crippen LogP contribution in [0.3, 0.4) is 0 Å². The van der Waals surface area contributed by atoms with Crippen LogP contribution in [0.2, 0.25) is 0 Å². The molecule has 0 fully saturated rings. The van der Waals surface area contributed by atoms with Gasteiger partial charge < -0.3 is 0 Å². The van der Waals surface area contributed by atoms with Crippen LogP contribution in [0.5, 0.6) is 0 Å². The van der Waals surface area contributed by atoms with Crippen LogP contribution in [0, 0.1) is 0 Å². The summed E-state index contributed by atoms with van der Waals surface area (Å²) in [6, 6.07) is 0. The van der Waals surface area contributed by atoms with Gasteiger partial charge in [-0.2, -0.15) is 0 Å². The Morgan fingerprint density at radius 2 is 1.06 bits per heavy atom. The topological polar surface area (TPSA) is 0 Å². The molecule has 0 aromatic carbocycles. The lowest BCUT2D eigenvalue weighted by Gasteiger charge is -2.27. The third-order valence-electron chi connectivity index (χ3n) is 3.52. The van der Waals surface area contributed by atoms with Crippen molar-refractivity contribution in [1.29, 1.82) is 0 Å². The van der Waals surface area contributed by atoms with Crippen molar-refractivity contribution < 1.29 is 0 Å². The zero-order chi connectivity index (χ0) is 12.3. The molecule has 0 atom stereocenters. The second-order valence-electron chi connectivity index (χ2n) is 4.99. The van der Waals surface area contributed by atoms with Gasteiger partial charge in [-0.3, -0.25) is 0 Å². The van der Waals surface area contributed by atoms with Crippen molar-refractivity contribution in [1.82, 2.24) is 0 Å². The van der Waals surface area contributed by atoms with E-state index in [-0.39, 0.29) is 17.0 Å². The summed E-state index contributed by atoms with van der Waals surface area (Å²) in [6.07, 6.45) is 14.7. The molecule has 0 radical (unpaired) electrons. The van der Waals surface area contributed by atoms with Crippen molar-refractivity contribution in [3.8, 4) is 0 Å². The fourth-order valence-electron chi connectivity index (χ4n) is 2.33. The molecule has 0 N–H and O–H groups in total. The van der Waals surface area contributed by atoms with Crippen LogP contribution in [0.25, 0.3) is 0 Å². The lowest BCUT2D eigenvalue weighted by atomic mass is 10.4. The molecule has 0 saturated heterocycles. The summed E-state index contributed by atoms with van der Waals surface area (Å²) in [5.41, 5.74) is 0. The standard InChI is InChI=1S/C14H31BrP.BrH/c1-4-7-11-16(14-10-15,12-8-5-2)13-9-6-3;/h4-14H2,1-3H3;1H/q+1;. The van der Waals surface area contributed by atoms with E-state index in [1.807, 2.05) is 0 Å². The molecule has 0 nitrogen and oxygen atoms in total. The van der Waals surface area contributed by atoms with Crippen LogP contribution in [-0.4, -0.2) is 30.0 Å². The number of rotatable bonds is 11. The Labute approximate surface area is 129 Å². The molecule has 0 rings (SSSR count). The van der Waals surface area contributed by atoms with E-state index in [2.05, 4.69) is 36.7 Å². The SMILES string of the molecule is Br.CCCC[P+](CCBr)(CCCC)CCCC. The summed E-state index contributed by atoms with van der Waals surface area (Å²) in [7, 11) is -0.593. The van der Waals surface area contributed by atoms with Crippen molar-refractivity contribution in [2.45, 2.75) is 59.3 Å². The molecule has 3 heteroatoms. The van der Waals surface area contributed by atoms with E-state index in [0.717, 1.165) is 0 Å². The van der Waals surface area contributed by atoms with Crippen molar-refractivity contribution in [3.63, 3.8) is 0 Å². The largest absolute Gasteiger partial charge is 0.114 e. The maximum absolute atomic E-state index is 3.69. The van der Waals surface area contributed by atoms with Crippen molar-refractivity contribution in [2.24, 2.45) is 0 Å². The summed E-state index contributed by atoms with van der Waals surface area (Å²) in [5, 5.41) is 1.23. The van der Waals surface area contributed by atoms with Crippen LogP contribution < -0.4 is 0 Å². The Balaban J connectivity index is 0. The van der Waals surface area contributed by atoms with Gasteiger partial charge in [0.2, 0.25) is 0 Å². The minimum Gasteiger partial charge on any atom is -0.114 e. The quantitative estimate of drug-likeness (QED) is 0.283. The normalized spacial score (nSPS) is 11.3. The highest BCUT2D eigenvalue weighted by atomic mass is 79.9. The first-order valence-electron chi connectivity index (χ1n) is 7.15. The molecule has 0 aromatic heterocycles. The minimum atomic E-state index is -0.593. The van der Waals surface area contributed by atoms with E-state index in [4.69, 9.17) is 0 Å². The van der Waals surface area contributed by atoms with Gasteiger partial charge in [-0.25, -0.2) is 0 Å². The summed E-state index contributed by atoms with van der Waals surface area (Å²) in [4.78, 5) is 0. The average molecular weight is 391 g/mol. The van der Waals surface area contributed by atoms with Gasteiger partial charge in [0, 0.05) is 12.6 Å². The van der Waals surface area contributed by atoms with E-state index >= 15 is 0 Å². The van der Waals surface area contributed by atoms with Gasteiger partial charge in [0.05, 0.1) is 24.6 Å². The van der Waals surface area contributed by atoms with Crippen LogP contribution in [0.4, 0.5) is 0 Å². The van der Waals surface area contributed by atoms with Crippen molar-refractivity contribution >= 4 is 40.2 Å². The molecule has 0 aromatic rings. The number of hydrogen-bond acceptors (Lipinski definition) is 0. The fourth-order valence-corrected chi connectivity index (χ4v) is 9.25. The molecule has 0 heterocycles. The summed E-state index contributed by atoms with van der Waals surface area (Å²) in [6.45, 7) is 7.01. The number of halogens is 2. The van der Waals surface area contributed by atoms with Crippen LogP contribution in [-0.2, 0) is 0 Å². The number of hydrogen-bond donors (Lipinski definition) is 0. The Hall–Kier alpha value is 1.39. The van der Waals surface area contributed by atoms with E-state index in [1.165, 1.54) is 50.0 Å².